The molecule has 22 heavy (non-hydrogen) atoms. The van der Waals surface area contributed by atoms with Crippen molar-refractivity contribution in [2.75, 3.05) is 13.0 Å². The number of methoxy groups -OCH3 is 1. The van der Waals surface area contributed by atoms with E-state index in [0.29, 0.717) is 17.9 Å². The van der Waals surface area contributed by atoms with Crippen LogP contribution in [0.5, 0.6) is 0 Å². The van der Waals surface area contributed by atoms with Gasteiger partial charge in [0.2, 0.25) is 9.84 Å². The summed E-state index contributed by atoms with van der Waals surface area (Å²) in [4.78, 5) is 11.7. The predicted molar refractivity (Wildman–Crippen MR) is 82.5 cm³/mol. The highest BCUT2D eigenvalue weighted by Gasteiger charge is 2.26. The van der Waals surface area contributed by atoms with Gasteiger partial charge in [-0.05, 0) is 30.0 Å². The molecular weight excluding hydrogens is 304 g/mol. The van der Waals surface area contributed by atoms with Gasteiger partial charge in [-0.1, -0.05) is 37.8 Å². The van der Waals surface area contributed by atoms with Crippen molar-refractivity contribution in [2.45, 2.75) is 42.9 Å². The van der Waals surface area contributed by atoms with Crippen LogP contribution in [0.2, 0.25) is 0 Å². The zero-order valence-corrected chi connectivity index (χ0v) is 13.5. The van der Waals surface area contributed by atoms with Gasteiger partial charge in [0, 0.05) is 7.11 Å². The van der Waals surface area contributed by atoms with Gasteiger partial charge in [0.1, 0.15) is 0 Å². The molecule has 1 aliphatic carbocycles. The number of rotatable bonds is 7. The first-order valence-corrected chi connectivity index (χ1v) is 9.13. The van der Waals surface area contributed by atoms with Crippen molar-refractivity contribution in [3.05, 3.63) is 29.8 Å². The van der Waals surface area contributed by atoms with Crippen LogP contribution in [-0.2, 0) is 19.4 Å². The highest BCUT2D eigenvalue weighted by atomic mass is 32.2. The number of hydrogen-bond acceptors (Lipinski definition) is 4. The Morgan fingerprint density at radius 3 is 2.36 bits per heavy atom. The normalized spacial score (nSPS) is 17.5. The van der Waals surface area contributed by atoms with E-state index in [9.17, 15) is 18.3 Å². The van der Waals surface area contributed by atoms with Crippen molar-refractivity contribution in [3.63, 3.8) is 0 Å². The minimum Gasteiger partial charge on any atom is -0.481 e. The third kappa shape index (κ3) is 4.08. The molecular formula is C16H22O5S. The van der Waals surface area contributed by atoms with E-state index in [1.165, 1.54) is 32.1 Å². The van der Waals surface area contributed by atoms with E-state index in [1.54, 1.807) is 12.1 Å². The molecule has 0 aliphatic heterocycles. The lowest BCUT2D eigenvalue weighted by atomic mass is 9.88. The SMILES string of the molecule is COCS(=O)(=O)c1ccc(C(CC2CCCC2)C(=O)O)cc1. The van der Waals surface area contributed by atoms with Gasteiger partial charge < -0.3 is 9.84 Å². The maximum Gasteiger partial charge on any atom is 0.310 e. The second kappa shape index (κ2) is 7.24. The Labute approximate surface area is 131 Å². The maximum absolute atomic E-state index is 11.9. The largest absolute Gasteiger partial charge is 0.481 e. The average Bonchev–Trinajstić information content (AvgIpc) is 2.97. The molecule has 0 bridgehead atoms. The van der Waals surface area contributed by atoms with Crippen LogP contribution in [0, 0.1) is 5.92 Å². The van der Waals surface area contributed by atoms with Crippen LogP contribution < -0.4 is 0 Å². The van der Waals surface area contributed by atoms with E-state index >= 15 is 0 Å². The van der Waals surface area contributed by atoms with Crippen LogP contribution in [0.3, 0.4) is 0 Å². The minimum atomic E-state index is -3.47. The monoisotopic (exact) mass is 326 g/mol. The lowest BCUT2D eigenvalue weighted by Crippen LogP contribution is -2.15. The summed E-state index contributed by atoms with van der Waals surface area (Å²) in [6.07, 6.45) is 5.14. The average molecular weight is 326 g/mol. The number of hydrogen-bond donors (Lipinski definition) is 1. The van der Waals surface area contributed by atoms with Crippen molar-refractivity contribution in [3.8, 4) is 0 Å². The van der Waals surface area contributed by atoms with Gasteiger partial charge in [0.05, 0.1) is 10.8 Å². The van der Waals surface area contributed by atoms with Crippen LogP contribution >= 0.6 is 0 Å². The highest BCUT2D eigenvalue weighted by molar-refractivity contribution is 7.91. The molecule has 1 aliphatic rings. The number of carboxylic acid groups (broad SMARTS) is 1. The Kier molecular flexibility index (Phi) is 5.58. The molecule has 5 nitrogen and oxygen atoms in total. The number of benzene rings is 1. The van der Waals surface area contributed by atoms with Crippen LogP contribution in [0.1, 0.15) is 43.6 Å². The van der Waals surface area contributed by atoms with Crippen molar-refractivity contribution in [2.24, 2.45) is 5.92 Å². The molecule has 1 aromatic carbocycles. The summed E-state index contributed by atoms with van der Waals surface area (Å²) in [6, 6.07) is 6.15. The summed E-state index contributed by atoms with van der Waals surface area (Å²) in [6.45, 7) is 0. The van der Waals surface area contributed by atoms with Crippen molar-refractivity contribution in [1.29, 1.82) is 0 Å². The van der Waals surface area contributed by atoms with E-state index in [0.717, 1.165) is 12.8 Å². The van der Waals surface area contributed by atoms with Gasteiger partial charge in [0.15, 0.2) is 5.94 Å². The molecule has 1 fully saturated rings. The van der Waals surface area contributed by atoms with Crippen molar-refractivity contribution >= 4 is 15.8 Å². The Balaban J connectivity index is 2.17. The Hall–Kier alpha value is -1.40. The second-order valence-corrected chi connectivity index (χ2v) is 7.80. The van der Waals surface area contributed by atoms with Crippen molar-refractivity contribution < 1.29 is 23.1 Å². The zero-order valence-electron chi connectivity index (χ0n) is 12.7. The van der Waals surface area contributed by atoms with E-state index in [1.807, 2.05) is 0 Å². The van der Waals surface area contributed by atoms with Gasteiger partial charge in [-0.2, -0.15) is 0 Å². The van der Waals surface area contributed by atoms with Crippen LogP contribution in [0.4, 0.5) is 0 Å². The van der Waals surface area contributed by atoms with Gasteiger partial charge >= 0.3 is 5.97 Å². The number of aliphatic carboxylic acids is 1. The number of sulfone groups is 1. The molecule has 0 amide bonds. The molecule has 2 rings (SSSR count). The van der Waals surface area contributed by atoms with E-state index < -0.39 is 21.7 Å². The maximum atomic E-state index is 11.9. The summed E-state index contributed by atoms with van der Waals surface area (Å²) >= 11 is 0. The molecule has 0 heterocycles. The summed E-state index contributed by atoms with van der Waals surface area (Å²) in [5.41, 5.74) is 0.663. The molecule has 6 heteroatoms. The summed E-state index contributed by atoms with van der Waals surface area (Å²) in [7, 11) is -2.14. The first kappa shape index (κ1) is 17.0. The molecule has 0 spiro atoms. The van der Waals surface area contributed by atoms with Crippen LogP contribution in [-0.4, -0.2) is 32.5 Å². The lowest BCUT2D eigenvalue weighted by molar-refractivity contribution is -0.139. The van der Waals surface area contributed by atoms with Crippen LogP contribution in [0.25, 0.3) is 0 Å². The molecule has 0 aromatic heterocycles. The topological polar surface area (TPSA) is 80.7 Å². The fourth-order valence-corrected chi connectivity index (χ4v) is 4.09. The summed E-state index contributed by atoms with van der Waals surface area (Å²) < 4.78 is 28.5. The van der Waals surface area contributed by atoms with E-state index in [2.05, 4.69) is 4.74 Å². The molecule has 1 saturated carbocycles. The number of carboxylic acids is 1. The molecule has 1 N–H and O–H groups in total. The predicted octanol–water partition coefficient (Wildman–Crippen LogP) is 2.81. The van der Waals surface area contributed by atoms with E-state index in [4.69, 9.17) is 0 Å². The first-order valence-electron chi connectivity index (χ1n) is 7.48. The van der Waals surface area contributed by atoms with Gasteiger partial charge in [0.25, 0.3) is 0 Å². The summed E-state index contributed by atoms with van der Waals surface area (Å²) in [5.74, 6) is -1.34. The number of ether oxygens (including phenoxy) is 1. The molecule has 1 aromatic rings. The van der Waals surface area contributed by atoms with Gasteiger partial charge in [-0.15, -0.1) is 0 Å². The fraction of sp³-hybridized carbons (Fsp3) is 0.562. The van der Waals surface area contributed by atoms with Crippen LogP contribution in [0.15, 0.2) is 29.2 Å². The lowest BCUT2D eigenvalue weighted by Gasteiger charge is -2.17. The second-order valence-electron chi connectivity index (χ2n) is 5.87. The smallest absolute Gasteiger partial charge is 0.310 e. The molecule has 1 atom stereocenters. The quantitative estimate of drug-likeness (QED) is 0.833. The fourth-order valence-electron chi connectivity index (χ4n) is 3.09. The van der Waals surface area contributed by atoms with Gasteiger partial charge in [-0.3, -0.25) is 4.79 Å². The Morgan fingerprint density at radius 1 is 1.27 bits per heavy atom. The molecule has 122 valence electrons. The third-order valence-corrected chi connectivity index (χ3v) is 5.79. The Bertz CT molecular complexity index is 600. The Morgan fingerprint density at radius 2 is 1.86 bits per heavy atom. The third-order valence-electron chi connectivity index (χ3n) is 4.26. The first-order chi connectivity index (χ1) is 10.4. The highest BCUT2D eigenvalue weighted by Crippen LogP contribution is 2.34. The standard InChI is InChI=1S/C16H22O5S/c1-21-11-22(19,20)14-8-6-13(7-9-14)15(16(17)18)10-12-4-2-3-5-12/h6-9,12,15H,2-5,10-11H2,1H3,(H,17,18). The van der Waals surface area contributed by atoms with E-state index in [-0.39, 0.29) is 10.8 Å². The van der Waals surface area contributed by atoms with Gasteiger partial charge in [-0.25, -0.2) is 8.42 Å². The minimum absolute atomic E-state index is 0.156. The molecule has 0 saturated heterocycles. The zero-order chi connectivity index (χ0) is 16.2. The molecule has 0 radical (unpaired) electrons. The number of carbonyl (C=O) groups is 1. The van der Waals surface area contributed by atoms with Crippen molar-refractivity contribution in [1.82, 2.24) is 0 Å². The summed E-state index contributed by atoms with van der Waals surface area (Å²) in [5, 5.41) is 9.46. The molecule has 1 unspecified atom stereocenters.